The van der Waals surface area contributed by atoms with Crippen molar-refractivity contribution in [2.45, 2.75) is 0 Å². The second-order valence-electron chi connectivity index (χ2n) is 2.54. The van der Waals surface area contributed by atoms with Crippen LogP contribution in [0, 0.1) is 0 Å². The maximum atomic E-state index is 11.1. The summed E-state index contributed by atoms with van der Waals surface area (Å²) < 4.78 is 0. The summed E-state index contributed by atoms with van der Waals surface area (Å²) in [4.78, 5) is 11.1. The topological polar surface area (TPSA) is 67.2 Å². The van der Waals surface area contributed by atoms with E-state index < -0.39 is 6.03 Å². The normalized spacial score (nSPS) is 9.21. The number of halogens is 1. The first kappa shape index (κ1) is 10.4. The fourth-order valence-corrected chi connectivity index (χ4v) is 1.12. The summed E-state index contributed by atoms with van der Waals surface area (Å²) in [5, 5.41) is 5.28. The van der Waals surface area contributed by atoms with Crippen LogP contribution in [0.15, 0.2) is 31.0 Å². The Balaban J connectivity index is 2.76. The van der Waals surface area contributed by atoms with E-state index in [2.05, 4.69) is 17.2 Å². The van der Waals surface area contributed by atoms with Crippen LogP contribution in [0.3, 0.4) is 0 Å². The summed E-state index contributed by atoms with van der Waals surface area (Å²) in [6, 6.07) is 4.44. The summed E-state index contributed by atoms with van der Waals surface area (Å²) in [5.41, 5.74) is 6.53. The molecule has 0 saturated carbocycles. The standard InChI is InChI=1S/C9H10ClN3O/c1-2-12-9(14)13-8-4-3-6(11)5-7(8)10/h2-5H,1,11H2,(H2,12,13,14). The van der Waals surface area contributed by atoms with Gasteiger partial charge in [0.1, 0.15) is 0 Å². The first-order valence-corrected chi connectivity index (χ1v) is 4.24. The highest BCUT2D eigenvalue weighted by Crippen LogP contribution is 2.23. The molecule has 0 fully saturated rings. The number of anilines is 2. The zero-order chi connectivity index (χ0) is 10.6. The molecule has 74 valence electrons. The molecule has 0 aliphatic rings. The van der Waals surface area contributed by atoms with E-state index in [0.717, 1.165) is 0 Å². The number of urea groups is 1. The molecular formula is C9H10ClN3O. The molecule has 0 saturated heterocycles. The highest BCUT2D eigenvalue weighted by molar-refractivity contribution is 6.34. The minimum Gasteiger partial charge on any atom is -0.399 e. The van der Waals surface area contributed by atoms with E-state index in [1.165, 1.54) is 6.20 Å². The molecule has 0 spiro atoms. The van der Waals surface area contributed by atoms with Crippen molar-refractivity contribution in [1.82, 2.24) is 5.32 Å². The lowest BCUT2D eigenvalue weighted by Crippen LogP contribution is -2.23. The van der Waals surface area contributed by atoms with Gasteiger partial charge in [-0.3, -0.25) is 0 Å². The summed E-state index contributed by atoms with van der Waals surface area (Å²) in [6.45, 7) is 3.35. The van der Waals surface area contributed by atoms with Gasteiger partial charge in [0, 0.05) is 5.69 Å². The Morgan fingerprint density at radius 3 is 2.86 bits per heavy atom. The fourth-order valence-electron chi connectivity index (χ4n) is 0.884. The van der Waals surface area contributed by atoms with Crippen LogP contribution in [0.5, 0.6) is 0 Å². The molecule has 5 heteroatoms. The van der Waals surface area contributed by atoms with Crippen molar-refractivity contribution in [3.05, 3.63) is 36.0 Å². The van der Waals surface area contributed by atoms with E-state index >= 15 is 0 Å². The third-order valence-electron chi connectivity index (χ3n) is 1.47. The zero-order valence-electron chi connectivity index (χ0n) is 7.38. The summed E-state index contributed by atoms with van der Waals surface area (Å²) in [5.74, 6) is 0. The van der Waals surface area contributed by atoms with Gasteiger partial charge < -0.3 is 16.4 Å². The minimum absolute atomic E-state index is 0.393. The SMILES string of the molecule is C=CNC(=O)Nc1ccc(N)cc1Cl. The van der Waals surface area contributed by atoms with Crippen molar-refractivity contribution in [2.75, 3.05) is 11.1 Å². The van der Waals surface area contributed by atoms with Crippen LogP contribution in [0.25, 0.3) is 0 Å². The van der Waals surface area contributed by atoms with Gasteiger partial charge in [0.05, 0.1) is 10.7 Å². The van der Waals surface area contributed by atoms with Crippen molar-refractivity contribution in [3.8, 4) is 0 Å². The molecule has 0 radical (unpaired) electrons. The van der Waals surface area contributed by atoms with Crippen LogP contribution < -0.4 is 16.4 Å². The second-order valence-corrected chi connectivity index (χ2v) is 2.95. The molecule has 1 aromatic carbocycles. The minimum atomic E-state index is -0.397. The Morgan fingerprint density at radius 1 is 1.57 bits per heavy atom. The number of nitrogen functional groups attached to an aromatic ring is 1. The van der Waals surface area contributed by atoms with Gasteiger partial charge in [0.25, 0.3) is 0 Å². The molecule has 0 atom stereocenters. The first-order valence-electron chi connectivity index (χ1n) is 3.87. The summed E-state index contributed by atoms with van der Waals surface area (Å²) >= 11 is 5.83. The number of nitrogens with one attached hydrogen (secondary N) is 2. The smallest absolute Gasteiger partial charge is 0.323 e. The second kappa shape index (κ2) is 4.53. The van der Waals surface area contributed by atoms with E-state index in [1.54, 1.807) is 18.2 Å². The first-order chi connectivity index (χ1) is 6.63. The van der Waals surface area contributed by atoms with Crippen molar-refractivity contribution >= 4 is 29.0 Å². The molecule has 2 amide bonds. The van der Waals surface area contributed by atoms with Crippen molar-refractivity contribution in [1.29, 1.82) is 0 Å². The van der Waals surface area contributed by atoms with E-state index in [4.69, 9.17) is 17.3 Å². The Kier molecular flexibility index (Phi) is 3.36. The van der Waals surface area contributed by atoms with E-state index in [0.29, 0.717) is 16.4 Å². The maximum Gasteiger partial charge on any atom is 0.323 e. The predicted molar refractivity (Wildman–Crippen MR) is 58.2 cm³/mol. The average Bonchev–Trinajstić information content (AvgIpc) is 2.10. The lowest BCUT2D eigenvalue weighted by Gasteiger charge is -2.06. The van der Waals surface area contributed by atoms with E-state index in [9.17, 15) is 4.79 Å². The third kappa shape index (κ3) is 2.67. The number of hydrogen-bond donors (Lipinski definition) is 3. The van der Waals surface area contributed by atoms with Crippen LogP contribution in [0.4, 0.5) is 16.2 Å². The quantitative estimate of drug-likeness (QED) is 0.657. The Hall–Kier alpha value is -1.68. The molecular weight excluding hydrogens is 202 g/mol. The summed E-state index contributed by atoms with van der Waals surface area (Å²) in [7, 11) is 0. The number of nitrogens with two attached hydrogens (primary N) is 1. The van der Waals surface area contributed by atoms with Crippen molar-refractivity contribution in [3.63, 3.8) is 0 Å². The maximum absolute atomic E-state index is 11.1. The number of carbonyl (C=O) groups is 1. The van der Waals surface area contributed by atoms with Gasteiger partial charge in [-0.2, -0.15) is 0 Å². The molecule has 0 aliphatic heterocycles. The van der Waals surface area contributed by atoms with Gasteiger partial charge in [0.15, 0.2) is 0 Å². The molecule has 4 nitrogen and oxygen atoms in total. The molecule has 0 aliphatic carbocycles. The molecule has 0 heterocycles. The average molecular weight is 212 g/mol. The fraction of sp³-hybridized carbons (Fsp3) is 0. The van der Waals surface area contributed by atoms with E-state index in [1.807, 2.05) is 0 Å². The van der Waals surface area contributed by atoms with Crippen LogP contribution in [0.1, 0.15) is 0 Å². The largest absolute Gasteiger partial charge is 0.399 e. The Labute approximate surface area is 86.7 Å². The lowest BCUT2D eigenvalue weighted by molar-refractivity contribution is 0.255. The number of amides is 2. The molecule has 0 aromatic heterocycles. The Bertz CT molecular complexity index is 365. The van der Waals surface area contributed by atoms with Crippen LogP contribution in [-0.4, -0.2) is 6.03 Å². The molecule has 4 N–H and O–H groups in total. The lowest BCUT2D eigenvalue weighted by atomic mass is 10.3. The van der Waals surface area contributed by atoms with Gasteiger partial charge in [-0.15, -0.1) is 0 Å². The molecule has 14 heavy (non-hydrogen) atoms. The molecule has 1 aromatic rings. The van der Waals surface area contributed by atoms with Crippen molar-refractivity contribution in [2.24, 2.45) is 0 Å². The monoisotopic (exact) mass is 211 g/mol. The van der Waals surface area contributed by atoms with Gasteiger partial charge >= 0.3 is 6.03 Å². The highest BCUT2D eigenvalue weighted by Gasteiger charge is 2.03. The zero-order valence-corrected chi connectivity index (χ0v) is 8.14. The van der Waals surface area contributed by atoms with Gasteiger partial charge in [-0.05, 0) is 24.4 Å². The van der Waals surface area contributed by atoms with Crippen LogP contribution in [0.2, 0.25) is 5.02 Å². The third-order valence-corrected chi connectivity index (χ3v) is 1.79. The van der Waals surface area contributed by atoms with Crippen molar-refractivity contribution < 1.29 is 4.79 Å². The van der Waals surface area contributed by atoms with Gasteiger partial charge in [-0.1, -0.05) is 18.2 Å². The van der Waals surface area contributed by atoms with Crippen LogP contribution in [-0.2, 0) is 0 Å². The van der Waals surface area contributed by atoms with Gasteiger partial charge in [-0.25, -0.2) is 4.79 Å². The predicted octanol–water partition coefficient (Wildman–Crippen LogP) is 2.19. The van der Waals surface area contributed by atoms with E-state index in [-0.39, 0.29) is 0 Å². The molecule has 1 rings (SSSR count). The Morgan fingerprint density at radius 2 is 2.29 bits per heavy atom. The molecule has 0 bridgehead atoms. The molecule has 0 unspecified atom stereocenters. The number of rotatable bonds is 2. The number of benzene rings is 1. The summed E-state index contributed by atoms with van der Waals surface area (Å²) in [6.07, 6.45) is 1.28. The highest BCUT2D eigenvalue weighted by atomic mass is 35.5. The van der Waals surface area contributed by atoms with Gasteiger partial charge in [0.2, 0.25) is 0 Å². The number of carbonyl (C=O) groups excluding carboxylic acids is 1. The van der Waals surface area contributed by atoms with Crippen LogP contribution >= 0.6 is 11.6 Å². The number of hydrogen-bond acceptors (Lipinski definition) is 2.